The number of carbonyl (C=O) groups is 1. The fraction of sp³-hybridized carbons (Fsp3) is 0.643. The summed E-state index contributed by atoms with van der Waals surface area (Å²) in [5, 5.41) is 5.99. The highest BCUT2D eigenvalue weighted by molar-refractivity contribution is 5.77. The maximum atomic E-state index is 11.7. The SMILES string of the molecule is CC(C)Oc1cc(NCCC(=O)NC(C)(C)C)ncn1. The Morgan fingerprint density at radius 2 is 2.05 bits per heavy atom. The van der Waals surface area contributed by atoms with Crippen LogP contribution < -0.4 is 15.4 Å². The minimum absolute atomic E-state index is 0.0118. The van der Waals surface area contributed by atoms with Crippen molar-refractivity contribution in [2.45, 2.75) is 52.7 Å². The van der Waals surface area contributed by atoms with Crippen molar-refractivity contribution in [3.8, 4) is 5.88 Å². The van der Waals surface area contributed by atoms with Gasteiger partial charge < -0.3 is 15.4 Å². The lowest BCUT2D eigenvalue weighted by molar-refractivity contribution is -0.122. The Hall–Kier alpha value is -1.85. The van der Waals surface area contributed by atoms with Gasteiger partial charge in [-0.1, -0.05) is 0 Å². The van der Waals surface area contributed by atoms with Crippen LogP contribution in [0.1, 0.15) is 41.0 Å². The number of anilines is 1. The molecule has 0 saturated carbocycles. The minimum Gasteiger partial charge on any atom is -0.475 e. The molecule has 1 aromatic rings. The summed E-state index contributed by atoms with van der Waals surface area (Å²) in [7, 11) is 0. The Balaban J connectivity index is 2.40. The zero-order chi connectivity index (χ0) is 15.2. The Bertz CT molecular complexity index is 441. The molecule has 0 unspecified atom stereocenters. The predicted molar refractivity (Wildman–Crippen MR) is 78.8 cm³/mol. The second-order valence-corrected chi connectivity index (χ2v) is 5.88. The molecular formula is C14H24N4O2. The Kier molecular flexibility index (Phi) is 5.73. The largest absolute Gasteiger partial charge is 0.475 e. The van der Waals surface area contributed by atoms with Crippen LogP contribution in [-0.2, 0) is 4.79 Å². The van der Waals surface area contributed by atoms with E-state index < -0.39 is 0 Å². The molecule has 1 amide bonds. The maximum absolute atomic E-state index is 11.7. The zero-order valence-corrected chi connectivity index (χ0v) is 12.9. The van der Waals surface area contributed by atoms with E-state index in [1.54, 1.807) is 6.07 Å². The molecule has 0 fully saturated rings. The van der Waals surface area contributed by atoms with Crippen molar-refractivity contribution in [3.63, 3.8) is 0 Å². The number of nitrogens with zero attached hydrogens (tertiary/aromatic N) is 2. The van der Waals surface area contributed by atoms with Crippen LogP contribution in [0.4, 0.5) is 5.82 Å². The van der Waals surface area contributed by atoms with E-state index >= 15 is 0 Å². The Labute approximate surface area is 120 Å². The van der Waals surface area contributed by atoms with Gasteiger partial charge in [0.05, 0.1) is 6.10 Å². The molecule has 0 aliphatic rings. The standard InChI is InChI=1S/C14H24N4O2/c1-10(2)20-13-8-11(16-9-17-13)15-7-6-12(19)18-14(3,4)5/h8-10H,6-7H2,1-5H3,(H,18,19)(H,15,16,17). The van der Waals surface area contributed by atoms with E-state index in [0.29, 0.717) is 24.7 Å². The van der Waals surface area contributed by atoms with Gasteiger partial charge in [0.15, 0.2) is 0 Å². The molecule has 0 saturated heterocycles. The van der Waals surface area contributed by atoms with Crippen molar-refractivity contribution in [1.82, 2.24) is 15.3 Å². The van der Waals surface area contributed by atoms with Crippen molar-refractivity contribution in [2.24, 2.45) is 0 Å². The van der Waals surface area contributed by atoms with Gasteiger partial charge in [0.2, 0.25) is 11.8 Å². The van der Waals surface area contributed by atoms with Gasteiger partial charge in [-0.2, -0.15) is 0 Å². The quantitative estimate of drug-likeness (QED) is 0.833. The van der Waals surface area contributed by atoms with Gasteiger partial charge >= 0.3 is 0 Å². The van der Waals surface area contributed by atoms with E-state index in [2.05, 4.69) is 20.6 Å². The summed E-state index contributed by atoms with van der Waals surface area (Å²) in [5.41, 5.74) is -0.204. The second kappa shape index (κ2) is 7.07. The maximum Gasteiger partial charge on any atom is 0.222 e. The van der Waals surface area contributed by atoms with Gasteiger partial charge in [0.25, 0.3) is 0 Å². The number of hydrogen-bond donors (Lipinski definition) is 2. The van der Waals surface area contributed by atoms with Crippen molar-refractivity contribution in [1.29, 1.82) is 0 Å². The topological polar surface area (TPSA) is 76.1 Å². The minimum atomic E-state index is -0.204. The highest BCUT2D eigenvalue weighted by Crippen LogP contribution is 2.12. The van der Waals surface area contributed by atoms with Crippen LogP contribution in [0.3, 0.4) is 0 Å². The first-order valence-corrected chi connectivity index (χ1v) is 6.80. The average Bonchev–Trinajstić information content (AvgIpc) is 2.25. The lowest BCUT2D eigenvalue weighted by Crippen LogP contribution is -2.41. The molecular weight excluding hydrogens is 256 g/mol. The molecule has 0 atom stereocenters. The number of hydrogen-bond acceptors (Lipinski definition) is 5. The summed E-state index contributed by atoms with van der Waals surface area (Å²) in [4.78, 5) is 19.8. The fourth-order valence-electron chi connectivity index (χ4n) is 1.53. The third kappa shape index (κ3) is 6.92. The van der Waals surface area contributed by atoms with Crippen LogP contribution in [0.5, 0.6) is 5.88 Å². The highest BCUT2D eigenvalue weighted by atomic mass is 16.5. The third-order valence-electron chi connectivity index (χ3n) is 2.17. The second-order valence-electron chi connectivity index (χ2n) is 5.88. The molecule has 2 N–H and O–H groups in total. The first kappa shape index (κ1) is 16.2. The number of carbonyl (C=O) groups excluding carboxylic acids is 1. The molecule has 1 rings (SSSR count). The zero-order valence-electron chi connectivity index (χ0n) is 12.9. The van der Waals surface area contributed by atoms with E-state index in [9.17, 15) is 4.79 Å². The van der Waals surface area contributed by atoms with Crippen molar-refractivity contribution < 1.29 is 9.53 Å². The number of aromatic nitrogens is 2. The molecule has 6 heteroatoms. The summed E-state index contributed by atoms with van der Waals surface area (Å²) < 4.78 is 5.48. The molecule has 0 aliphatic heterocycles. The lowest BCUT2D eigenvalue weighted by atomic mass is 10.1. The Morgan fingerprint density at radius 1 is 1.35 bits per heavy atom. The normalized spacial score (nSPS) is 11.3. The van der Waals surface area contributed by atoms with Gasteiger partial charge in [0.1, 0.15) is 12.1 Å². The van der Waals surface area contributed by atoms with Crippen molar-refractivity contribution in [2.75, 3.05) is 11.9 Å². The predicted octanol–water partition coefficient (Wildman–Crippen LogP) is 1.98. The fourth-order valence-corrected chi connectivity index (χ4v) is 1.53. The third-order valence-corrected chi connectivity index (χ3v) is 2.17. The van der Waals surface area contributed by atoms with Crippen LogP contribution in [0, 0.1) is 0 Å². The summed E-state index contributed by atoms with van der Waals surface area (Å²) in [6.45, 7) is 10.3. The van der Waals surface area contributed by atoms with Gasteiger partial charge in [0, 0.05) is 24.6 Å². The number of ether oxygens (including phenoxy) is 1. The van der Waals surface area contributed by atoms with Crippen LogP contribution in [0.2, 0.25) is 0 Å². The summed E-state index contributed by atoms with van der Waals surface area (Å²) in [6, 6.07) is 1.72. The van der Waals surface area contributed by atoms with E-state index in [4.69, 9.17) is 4.74 Å². The van der Waals surface area contributed by atoms with Crippen LogP contribution >= 0.6 is 0 Å². The molecule has 0 aromatic carbocycles. The molecule has 0 bridgehead atoms. The number of rotatable bonds is 6. The summed E-state index contributed by atoms with van der Waals surface area (Å²) >= 11 is 0. The molecule has 1 aromatic heterocycles. The number of amides is 1. The van der Waals surface area contributed by atoms with Crippen molar-refractivity contribution in [3.05, 3.63) is 12.4 Å². The molecule has 0 radical (unpaired) electrons. The summed E-state index contributed by atoms with van der Waals surface area (Å²) in [5.74, 6) is 1.19. The summed E-state index contributed by atoms with van der Waals surface area (Å²) in [6.07, 6.45) is 1.90. The molecule has 20 heavy (non-hydrogen) atoms. The lowest BCUT2D eigenvalue weighted by Gasteiger charge is -2.20. The van der Waals surface area contributed by atoms with E-state index in [0.717, 1.165) is 0 Å². The molecule has 112 valence electrons. The van der Waals surface area contributed by atoms with Crippen LogP contribution in [0.15, 0.2) is 12.4 Å². The van der Waals surface area contributed by atoms with E-state index in [-0.39, 0.29) is 17.6 Å². The highest BCUT2D eigenvalue weighted by Gasteiger charge is 2.13. The first-order chi connectivity index (χ1) is 9.26. The molecule has 6 nitrogen and oxygen atoms in total. The Morgan fingerprint density at radius 3 is 2.65 bits per heavy atom. The van der Waals surface area contributed by atoms with Gasteiger partial charge in [-0.15, -0.1) is 0 Å². The van der Waals surface area contributed by atoms with E-state index in [1.165, 1.54) is 6.33 Å². The van der Waals surface area contributed by atoms with Crippen molar-refractivity contribution >= 4 is 11.7 Å². The molecule has 1 heterocycles. The smallest absolute Gasteiger partial charge is 0.222 e. The van der Waals surface area contributed by atoms with Crippen LogP contribution in [0.25, 0.3) is 0 Å². The average molecular weight is 280 g/mol. The van der Waals surface area contributed by atoms with Crippen LogP contribution in [-0.4, -0.2) is 34.1 Å². The first-order valence-electron chi connectivity index (χ1n) is 6.80. The van der Waals surface area contributed by atoms with Gasteiger partial charge in [-0.3, -0.25) is 4.79 Å². The molecule has 0 aliphatic carbocycles. The molecule has 0 spiro atoms. The van der Waals surface area contributed by atoms with Gasteiger partial charge in [-0.05, 0) is 34.6 Å². The monoisotopic (exact) mass is 280 g/mol. The van der Waals surface area contributed by atoms with Gasteiger partial charge in [-0.25, -0.2) is 9.97 Å². The van der Waals surface area contributed by atoms with E-state index in [1.807, 2.05) is 34.6 Å². The number of nitrogens with one attached hydrogen (secondary N) is 2.